The van der Waals surface area contributed by atoms with Gasteiger partial charge in [-0.05, 0) is 79.6 Å². The standard InChI is InChI=1S/C28H22F2N4O2S/c1-16-13-31-27(37-16)28(35)33-15-19-11-21(30)5-9-24(19)26(17(33)2)36-23-8-10-25-18(12-23)14-32-34(25)22-6-3-20(29)4-7-22/h3-14,17,26H,15H2,1-2H3/t17-,26-/m0/s1. The lowest BCUT2D eigenvalue weighted by Gasteiger charge is -2.40. The van der Waals surface area contributed by atoms with Crippen LogP contribution in [0.5, 0.6) is 5.75 Å². The van der Waals surface area contributed by atoms with Crippen molar-refractivity contribution in [2.24, 2.45) is 0 Å². The topological polar surface area (TPSA) is 60.3 Å². The number of carbonyl (C=O) groups is 1. The van der Waals surface area contributed by atoms with Gasteiger partial charge in [0.1, 0.15) is 23.5 Å². The summed E-state index contributed by atoms with van der Waals surface area (Å²) in [4.78, 5) is 20.2. The van der Waals surface area contributed by atoms with Crippen molar-refractivity contribution in [1.29, 1.82) is 0 Å². The molecule has 0 saturated carbocycles. The van der Waals surface area contributed by atoms with Gasteiger partial charge < -0.3 is 9.64 Å². The number of aromatic nitrogens is 3. The van der Waals surface area contributed by atoms with Crippen LogP contribution >= 0.6 is 11.3 Å². The minimum atomic E-state index is -0.515. The highest BCUT2D eigenvalue weighted by Gasteiger charge is 2.37. The molecule has 9 heteroatoms. The van der Waals surface area contributed by atoms with Crippen LogP contribution in [0.1, 0.15) is 38.8 Å². The SMILES string of the molecule is Cc1cnc(C(=O)N2Cc3cc(F)ccc3[C@@H](Oc3ccc4c(cnn4-c4ccc(F)cc4)c3)[C@@H]2C)s1. The molecule has 37 heavy (non-hydrogen) atoms. The third-order valence-corrected chi connectivity index (χ3v) is 7.52. The number of carbonyl (C=O) groups excluding carboxylic acids is 1. The molecule has 2 atom stereocenters. The maximum Gasteiger partial charge on any atom is 0.283 e. The summed E-state index contributed by atoms with van der Waals surface area (Å²) in [5, 5.41) is 5.70. The number of rotatable bonds is 4. The van der Waals surface area contributed by atoms with Crippen LogP contribution in [0.15, 0.2) is 73.1 Å². The first kappa shape index (κ1) is 23.3. The minimum Gasteiger partial charge on any atom is -0.484 e. The average Bonchev–Trinajstić information content (AvgIpc) is 3.51. The predicted octanol–water partition coefficient (Wildman–Crippen LogP) is 6.23. The summed E-state index contributed by atoms with van der Waals surface area (Å²) >= 11 is 1.34. The molecule has 186 valence electrons. The number of hydrogen-bond acceptors (Lipinski definition) is 5. The molecule has 0 saturated heterocycles. The van der Waals surface area contributed by atoms with Gasteiger partial charge in [-0.1, -0.05) is 6.07 Å². The fourth-order valence-electron chi connectivity index (χ4n) is 4.75. The Kier molecular flexibility index (Phi) is 5.72. The molecule has 6 nitrogen and oxygen atoms in total. The van der Waals surface area contributed by atoms with E-state index in [4.69, 9.17) is 4.74 Å². The van der Waals surface area contributed by atoms with E-state index < -0.39 is 6.10 Å². The lowest BCUT2D eigenvalue weighted by atomic mass is 9.91. The molecule has 0 spiro atoms. The molecule has 3 aromatic carbocycles. The molecule has 5 aromatic rings. The van der Waals surface area contributed by atoms with Crippen LogP contribution in [0, 0.1) is 18.6 Å². The quantitative estimate of drug-likeness (QED) is 0.284. The fraction of sp³-hybridized carbons (Fsp3) is 0.179. The van der Waals surface area contributed by atoms with Crippen molar-refractivity contribution in [2.75, 3.05) is 0 Å². The number of thiazole rings is 1. The van der Waals surface area contributed by atoms with Crippen molar-refractivity contribution in [3.05, 3.63) is 106 Å². The molecule has 1 aliphatic rings. The largest absolute Gasteiger partial charge is 0.484 e. The number of hydrogen-bond donors (Lipinski definition) is 0. The highest BCUT2D eigenvalue weighted by Crippen LogP contribution is 2.37. The third-order valence-electron chi connectivity index (χ3n) is 6.62. The van der Waals surface area contributed by atoms with Gasteiger partial charge in [-0.15, -0.1) is 11.3 Å². The molecule has 0 fully saturated rings. The normalized spacial score (nSPS) is 17.1. The van der Waals surface area contributed by atoms with E-state index in [1.165, 1.54) is 35.6 Å². The van der Waals surface area contributed by atoms with Crippen LogP contribution in [0.2, 0.25) is 0 Å². The number of benzene rings is 3. The van der Waals surface area contributed by atoms with Crippen LogP contribution < -0.4 is 4.74 Å². The molecular formula is C28H22F2N4O2S. The van der Waals surface area contributed by atoms with E-state index in [1.54, 1.807) is 40.2 Å². The van der Waals surface area contributed by atoms with Crippen molar-refractivity contribution in [3.63, 3.8) is 0 Å². The minimum absolute atomic E-state index is 0.204. The number of amides is 1. The van der Waals surface area contributed by atoms with Gasteiger partial charge >= 0.3 is 0 Å². The van der Waals surface area contributed by atoms with Crippen molar-refractivity contribution >= 4 is 28.1 Å². The van der Waals surface area contributed by atoms with Gasteiger partial charge in [0, 0.05) is 23.0 Å². The molecule has 0 radical (unpaired) electrons. The molecule has 0 unspecified atom stereocenters. The van der Waals surface area contributed by atoms with Crippen LogP contribution in [0.3, 0.4) is 0 Å². The van der Waals surface area contributed by atoms with Crippen LogP contribution in [0.25, 0.3) is 16.6 Å². The van der Waals surface area contributed by atoms with Crippen molar-refractivity contribution < 1.29 is 18.3 Å². The van der Waals surface area contributed by atoms with E-state index in [0.717, 1.165) is 27.0 Å². The van der Waals surface area contributed by atoms with Gasteiger partial charge in [0.25, 0.3) is 5.91 Å². The lowest BCUT2D eigenvalue weighted by Crippen LogP contribution is -2.46. The first-order chi connectivity index (χ1) is 17.9. The van der Waals surface area contributed by atoms with E-state index >= 15 is 0 Å². The molecule has 1 aliphatic heterocycles. The molecule has 0 aliphatic carbocycles. The molecule has 6 rings (SSSR count). The third kappa shape index (κ3) is 4.25. The molecule has 0 N–H and O–H groups in total. The molecule has 3 heterocycles. The summed E-state index contributed by atoms with van der Waals surface area (Å²) in [6, 6.07) is 16.0. The van der Waals surface area contributed by atoms with Crippen molar-refractivity contribution in [3.8, 4) is 11.4 Å². The van der Waals surface area contributed by atoms with Crippen LogP contribution in [-0.4, -0.2) is 31.6 Å². The van der Waals surface area contributed by atoms with Gasteiger partial charge in [0.05, 0.1) is 23.4 Å². The second-order valence-electron chi connectivity index (χ2n) is 9.08. The molecule has 2 aromatic heterocycles. The number of halogens is 2. The molecule has 0 bridgehead atoms. The predicted molar refractivity (Wildman–Crippen MR) is 137 cm³/mol. The molecule has 1 amide bonds. The Bertz CT molecular complexity index is 1630. The van der Waals surface area contributed by atoms with E-state index in [2.05, 4.69) is 10.1 Å². The van der Waals surface area contributed by atoms with E-state index in [-0.39, 0.29) is 30.1 Å². The summed E-state index contributed by atoms with van der Waals surface area (Å²) in [5.41, 5.74) is 3.13. The Labute approximate surface area is 215 Å². The second-order valence-corrected chi connectivity index (χ2v) is 10.3. The highest BCUT2D eigenvalue weighted by atomic mass is 32.1. The Balaban J connectivity index is 1.34. The maximum atomic E-state index is 14.2. The van der Waals surface area contributed by atoms with Crippen molar-refractivity contribution in [2.45, 2.75) is 32.5 Å². The number of fused-ring (bicyclic) bond motifs is 2. The molecular weight excluding hydrogens is 494 g/mol. The second kappa shape index (κ2) is 9.08. The average molecular weight is 517 g/mol. The summed E-state index contributed by atoms with van der Waals surface area (Å²) in [6.07, 6.45) is 2.88. The Hall–Kier alpha value is -4.11. The zero-order valence-electron chi connectivity index (χ0n) is 20.1. The van der Waals surface area contributed by atoms with E-state index in [1.807, 2.05) is 32.0 Å². The summed E-state index contributed by atoms with van der Waals surface area (Å²) < 4.78 is 35.7. The van der Waals surface area contributed by atoms with Gasteiger partial charge in [-0.2, -0.15) is 5.10 Å². The number of nitrogens with zero attached hydrogens (tertiary/aromatic N) is 4. The van der Waals surface area contributed by atoms with Gasteiger partial charge in [0.2, 0.25) is 0 Å². The maximum absolute atomic E-state index is 14.2. The summed E-state index contributed by atoms with van der Waals surface area (Å²) in [6.45, 7) is 4.11. The lowest BCUT2D eigenvalue weighted by molar-refractivity contribution is 0.0374. The Morgan fingerprint density at radius 1 is 1.03 bits per heavy atom. The monoisotopic (exact) mass is 516 g/mol. The fourth-order valence-corrected chi connectivity index (χ4v) is 5.47. The van der Waals surface area contributed by atoms with E-state index in [0.29, 0.717) is 16.3 Å². The zero-order valence-corrected chi connectivity index (χ0v) is 20.9. The zero-order chi connectivity index (χ0) is 25.7. The first-order valence-electron chi connectivity index (χ1n) is 11.8. The smallest absolute Gasteiger partial charge is 0.283 e. The van der Waals surface area contributed by atoms with Crippen molar-refractivity contribution in [1.82, 2.24) is 19.7 Å². The first-order valence-corrected chi connectivity index (χ1v) is 12.6. The van der Waals surface area contributed by atoms with Crippen LogP contribution in [-0.2, 0) is 6.54 Å². The highest BCUT2D eigenvalue weighted by molar-refractivity contribution is 7.13. The summed E-state index contributed by atoms with van der Waals surface area (Å²) in [7, 11) is 0. The van der Waals surface area contributed by atoms with Crippen LogP contribution in [0.4, 0.5) is 8.78 Å². The van der Waals surface area contributed by atoms with Gasteiger partial charge in [-0.25, -0.2) is 18.4 Å². The van der Waals surface area contributed by atoms with Gasteiger partial charge in [-0.3, -0.25) is 4.79 Å². The van der Waals surface area contributed by atoms with E-state index in [9.17, 15) is 13.6 Å². The Morgan fingerprint density at radius 3 is 2.57 bits per heavy atom. The number of aryl methyl sites for hydroxylation is 1. The summed E-state index contributed by atoms with van der Waals surface area (Å²) in [5.74, 6) is -0.280. The van der Waals surface area contributed by atoms with Gasteiger partial charge in [0.15, 0.2) is 5.01 Å². The Morgan fingerprint density at radius 2 is 1.81 bits per heavy atom. The number of ether oxygens (including phenoxy) is 1.